The van der Waals surface area contributed by atoms with E-state index in [-0.39, 0.29) is 0 Å². The minimum absolute atomic E-state index is 0.673. The fourth-order valence-corrected chi connectivity index (χ4v) is 2.42. The Hall–Kier alpha value is -1.40. The van der Waals surface area contributed by atoms with Gasteiger partial charge < -0.3 is 15.4 Å². The largest absolute Gasteiger partial charge is 0.478 e. The van der Waals surface area contributed by atoms with Crippen molar-refractivity contribution in [2.75, 3.05) is 50.8 Å². The number of aromatic nitrogens is 2. The van der Waals surface area contributed by atoms with E-state index in [1.807, 2.05) is 6.07 Å². The van der Waals surface area contributed by atoms with E-state index in [1.54, 1.807) is 6.20 Å². The lowest BCUT2D eigenvalue weighted by molar-refractivity contribution is 0.251. The zero-order chi connectivity index (χ0) is 14.9. The Balaban J connectivity index is 1.81. The molecule has 0 aromatic carbocycles. The molecule has 1 saturated heterocycles. The molecular formula is C15H27N5O. The van der Waals surface area contributed by atoms with Crippen molar-refractivity contribution in [3.8, 4) is 5.88 Å². The van der Waals surface area contributed by atoms with Crippen LogP contribution in [0.25, 0.3) is 0 Å². The Morgan fingerprint density at radius 2 is 2.05 bits per heavy atom. The summed E-state index contributed by atoms with van der Waals surface area (Å²) in [5, 5.41) is 0. The first kappa shape index (κ1) is 16.0. The molecule has 0 unspecified atom stereocenters. The number of hydrogen-bond donors (Lipinski definition) is 1. The molecule has 1 aliphatic heterocycles. The molecular weight excluding hydrogens is 266 g/mol. The van der Waals surface area contributed by atoms with Crippen molar-refractivity contribution in [2.24, 2.45) is 5.73 Å². The minimum Gasteiger partial charge on any atom is -0.478 e. The van der Waals surface area contributed by atoms with Crippen LogP contribution in [0, 0.1) is 0 Å². The molecule has 21 heavy (non-hydrogen) atoms. The second kappa shape index (κ2) is 8.79. The number of piperazine rings is 1. The van der Waals surface area contributed by atoms with E-state index >= 15 is 0 Å². The normalized spacial score (nSPS) is 16.2. The number of ether oxygens (including phenoxy) is 1. The Morgan fingerprint density at radius 1 is 1.24 bits per heavy atom. The van der Waals surface area contributed by atoms with Gasteiger partial charge in [-0.05, 0) is 32.4 Å². The molecule has 1 fully saturated rings. The van der Waals surface area contributed by atoms with Gasteiger partial charge in [0.15, 0.2) is 0 Å². The molecule has 0 saturated carbocycles. The van der Waals surface area contributed by atoms with Crippen LogP contribution in [0.3, 0.4) is 0 Å². The van der Waals surface area contributed by atoms with E-state index in [2.05, 4.69) is 26.7 Å². The fraction of sp³-hybridized carbons (Fsp3) is 0.733. The monoisotopic (exact) mass is 293 g/mol. The first-order valence-corrected chi connectivity index (χ1v) is 7.96. The van der Waals surface area contributed by atoms with E-state index in [0.717, 1.165) is 58.1 Å². The highest BCUT2D eigenvalue weighted by molar-refractivity contribution is 5.32. The van der Waals surface area contributed by atoms with Crippen molar-refractivity contribution in [1.82, 2.24) is 14.9 Å². The molecule has 0 amide bonds. The van der Waals surface area contributed by atoms with Gasteiger partial charge in [0, 0.05) is 38.4 Å². The Labute approximate surface area is 127 Å². The Bertz CT molecular complexity index is 407. The average Bonchev–Trinajstić information content (AvgIpc) is 2.54. The maximum absolute atomic E-state index is 5.57. The molecule has 1 aromatic rings. The summed E-state index contributed by atoms with van der Waals surface area (Å²) in [6, 6.07) is 1.82. The molecule has 2 rings (SSSR count). The molecule has 2 N–H and O–H groups in total. The van der Waals surface area contributed by atoms with Gasteiger partial charge in [0.05, 0.1) is 6.61 Å². The fourth-order valence-electron chi connectivity index (χ4n) is 2.42. The van der Waals surface area contributed by atoms with Crippen molar-refractivity contribution in [1.29, 1.82) is 0 Å². The van der Waals surface area contributed by atoms with Gasteiger partial charge in [-0.2, -0.15) is 4.98 Å². The van der Waals surface area contributed by atoms with Gasteiger partial charge in [-0.25, -0.2) is 4.98 Å². The lowest BCUT2D eigenvalue weighted by Crippen LogP contribution is -2.47. The van der Waals surface area contributed by atoms with Crippen LogP contribution in [0.2, 0.25) is 0 Å². The van der Waals surface area contributed by atoms with Gasteiger partial charge in [-0.3, -0.25) is 4.90 Å². The highest BCUT2D eigenvalue weighted by atomic mass is 16.5. The summed E-state index contributed by atoms with van der Waals surface area (Å²) in [4.78, 5) is 13.6. The van der Waals surface area contributed by atoms with Gasteiger partial charge in [0.2, 0.25) is 11.8 Å². The van der Waals surface area contributed by atoms with Crippen LogP contribution in [-0.4, -0.2) is 60.7 Å². The van der Waals surface area contributed by atoms with Crippen LogP contribution in [0.4, 0.5) is 5.95 Å². The molecule has 1 aliphatic rings. The minimum atomic E-state index is 0.673. The maximum atomic E-state index is 5.57. The maximum Gasteiger partial charge on any atom is 0.228 e. The van der Waals surface area contributed by atoms with Crippen LogP contribution in [-0.2, 0) is 0 Å². The third-order valence-corrected chi connectivity index (χ3v) is 3.65. The number of rotatable bonds is 8. The lowest BCUT2D eigenvalue weighted by atomic mass is 10.2. The summed E-state index contributed by atoms with van der Waals surface area (Å²) in [7, 11) is 0. The molecule has 118 valence electrons. The number of hydrogen-bond acceptors (Lipinski definition) is 6. The highest BCUT2D eigenvalue weighted by Gasteiger charge is 2.18. The summed E-state index contributed by atoms with van der Waals surface area (Å²) in [5.41, 5.74) is 5.54. The molecule has 0 bridgehead atoms. The highest BCUT2D eigenvalue weighted by Crippen LogP contribution is 2.15. The van der Waals surface area contributed by atoms with Crippen LogP contribution in [0.15, 0.2) is 12.3 Å². The van der Waals surface area contributed by atoms with Crippen LogP contribution in [0.1, 0.15) is 26.2 Å². The Morgan fingerprint density at radius 3 is 2.76 bits per heavy atom. The first-order valence-electron chi connectivity index (χ1n) is 7.96. The van der Waals surface area contributed by atoms with E-state index in [9.17, 15) is 0 Å². The van der Waals surface area contributed by atoms with Gasteiger partial charge in [-0.15, -0.1) is 0 Å². The standard InChI is InChI=1S/C15H27N5O/c1-2-13-21-14-5-7-17-15(18-14)20-11-9-19(10-12-20)8-4-3-6-16/h5,7H,2-4,6,8-13,16H2,1H3. The van der Waals surface area contributed by atoms with Crippen molar-refractivity contribution in [2.45, 2.75) is 26.2 Å². The SMILES string of the molecule is CCCOc1ccnc(N2CCN(CCCCN)CC2)n1. The number of anilines is 1. The molecule has 0 atom stereocenters. The third-order valence-electron chi connectivity index (χ3n) is 3.65. The smallest absolute Gasteiger partial charge is 0.228 e. The van der Waals surface area contributed by atoms with Crippen LogP contribution in [0.5, 0.6) is 5.88 Å². The summed E-state index contributed by atoms with van der Waals surface area (Å²) in [5.74, 6) is 1.46. The molecule has 2 heterocycles. The van der Waals surface area contributed by atoms with Gasteiger partial charge in [-0.1, -0.05) is 6.92 Å². The van der Waals surface area contributed by atoms with Gasteiger partial charge >= 0.3 is 0 Å². The molecule has 0 spiro atoms. The number of unbranched alkanes of at least 4 members (excludes halogenated alkanes) is 1. The third kappa shape index (κ3) is 5.13. The summed E-state index contributed by atoms with van der Waals surface area (Å²) in [6.45, 7) is 8.79. The Kier molecular flexibility index (Phi) is 6.69. The first-order chi connectivity index (χ1) is 10.3. The summed E-state index contributed by atoms with van der Waals surface area (Å²) < 4.78 is 5.57. The zero-order valence-corrected chi connectivity index (χ0v) is 13.0. The van der Waals surface area contributed by atoms with Gasteiger partial charge in [0.25, 0.3) is 0 Å². The van der Waals surface area contributed by atoms with Crippen molar-refractivity contribution >= 4 is 5.95 Å². The van der Waals surface area contributed by atoms with E-state index in [0.29, 0.717) is 12.5 Å². The molecule has 6 heteroatoms. The topological polar surface area (TPSA) is 67.5 Å². The van der Waals surface area contributed by atoms with Gasteiger partial charge in [0.1, 0.15) is 0 Å². The average molecular weight is 293 g/mol. The van der Waals surface area contributed by atoms with Crippen LogP contribution < -0.4 is 15.4 Å². The van der Waals surface area contributed by atoms with E-state index in [1.165, 1.54) is 6.42 Å². The molecule has 1 aromatic heterocycles. The predicted octanol–water partition coefficient (Wildman–Crippen LogP) is 1.13. The van der Waals surface area contributed by atoms with Crippen molar-refractivity contribution in [3.63, 3.8) is 0 Å². The van der Waals surface area contributed by atoms with Crippen LogP contribution >= 0.6 is 0 Å². The molecule has 6 nitrogen and oxygen atoms in total. The van der Waals surface area contributed by atoms with Crippen molar-refractivity contribution in [3.05, 3.63) is 12.3 Å². The lowest BCUT2D eigenvalue weighted by Gasteiger charge is -2.34. The quantitative estimate of drug-likeness (QED) is 0.725. The second-order valence-electron chi connectivity index (χ2n) is 5.37. The summed E-state index contributed by atoms with van der Waals surface area (Å²) >= 11 is 0. The van der Waals surface area contributed by atoms with E-state index < -0.39 is 0 Å². The van der Waals surface area contributed by atoms with E-state index in [4.69, 9.17) is 10.5 Å². The molecule has 0 aliphatic carbocycles. The van der Waals surface area contributed by atoms with Crippen molar-refractivity contribution < 1.29 is 4.74 Å². The zero-order valence-electron chi connectivity index (χ0n) is 13.0. The number of nitrogens with zero attached hydrogens (tertiary/aromatic N) is 4. The molecule has 0 radical (unpaired) electrons. The number of nitrogens with two attached hydrogens (primary N) is 1. The second-order valence-corrected chi connectivity index (χ2v) is 5.37. The predicted molar refractivity (Wildman–Crippen MR) is 84.8 cm³/mol. The summed E-state index contributed by atoms with van der Waals surface area (Å²) in [6.07, 6.45) is 5.06.